The molecule has 142 valence electrons. The van der Waals surface area contributed by atoms with E-state index in [1.165, 1.54) is 6.07 Å². The molecule has 0 radical (unpaired) electrons. The highest BCUT2D eigenvalue weighted by molar-refractivity contribution is 6.08. The van der Waals surface area contributed by atoms with Crippen LogP contribution >= 0.6 is 0 Å². The Morgan fingerprint density at radius 3 is 2.56 bits per heavy atom. The molecule has 2 aromatic rings. The molecule has 1 aromatic carbocycles. The SMILES string of the molecule is O=C1NC[C@H](c2ccc(C(F)(F)F)cn2)[C@H]1C(=O)Nc1cccc(F)c1F. The van der Waals surface area contributed by atoms with Crippen molar-refractivity contribution in [1.82, 2.24) is 10.3 Å². The summed E-state index contributed by atoms with van der Waals surface area (Å²) >= 11 is 0. The van der Waals surface area contributed by atoms with Gasteiger partial charge in [0.25, 0.3) is 0 Å². The minimum absolute atomic E-state index is 0.0269. The monoisotopic (exact) mass is 385 g/mol. The maximum absolute atomic E-state index is 13.7. The zero-order valence-electron chi connectivity index (χ0n) is 13.5. The number of amides is 2. The van der Waals surface area contributed by atoms with Gasteiger partial charge in [0.05, 0.1) is 11.3 Å². The number of nitrogens with one attached hydrogen (secondary N) is 2. The van der Waals surface area contributed by atoms with Gasteiger partial charge in [-0.05, 0) is 24.3 Å². The third kappa shape index (κ3) is 3.74. The lowest BCUT2D eigenvalue weighted by Crippen LogP contribution is -2.32. The number of hydrogen-bond acceptors (Lipinski definition) is 3. The van der Waals surface area contributed by atoms with Gasteiger partial charge in [-0.1, -0.05) is 6.07 Å². The molecule has 1 fully saturated rings. The lowest BCUT2D eigenvalue weighted by molar-refractivity contribution is -0.138. The van der Waals surface area contributed by atoms with Crippen LogP contribution in [0, 0.1) is 17.6 Å². The second-order valence-corrected chi connectivity index (χ2v) is 5.89. The van der Waals surface area contributed by atoms with Crippen molar-refractivity contribution in [1.29, 1.82) is 0 Å². The number of carbonyl (C=O) groups excluding carboxylic acids is 2. The van der Waals surface area contributed by atoms with Gasteiger partial charge in [0.2, 0.25) is 11.8 Å². The molecule has 0 saturated carbocycles. The Hall–Kier alpha value is -3.04. The Bertz CT molecular complexity index is 883. The van der Waals surface area contributed by atoms with Crippen LogP contribution in [0.25, 0.3) is 0 Å². The highest BCUT2D eigenvalue weighted by Crippen LogP contribution is 2.32. The maximum Gasteiger partial charge on any atom is 0.417 e. The number of aromatic nitrogens is 1. The average molecular weight is 385 g/mol. The quantitative estimate of drug-likeness (QED) is 0.631. The fraction of sp³-hybridized carbons (Fsp3) is 0.235. The second kappa shape index (κ2) is 6.93. The maximum atomic E-state index is 13.7. The summed E-state index contributed by atoms with van der Waals surface area (Å²) in [5, 5.41) is 4.56. The second-order valence-electron chi connectivity index (χ2n) is 5.89. The van der Waals surface area contributed by atoms with E-state index in [4.69, 9.17) is 0 Å². The first kappa shape index (κ1) is 18.7. The topological polar surface area (TPSA) is 71.1 Å². The third-order valence-corrected chi connectivity index (χ3v) is 4.17. The van der Waals surface area contributed by atoms with Gasteiger partial charge < -0.3 is 10.6 Å². The summed E-state index contributed by atoms with van der Waals surface area (Å²) in [4.78, 5) is 28.2. The Morgan fingerprint density at radius 1 is 1.19 bits per heavy atom. The van der Waals surface area contributed by atoms with Gasteiger partial charge in [-0.25, -0.2) is 8.78 Å². The lowest BCUT2D eigenvalue weighted by Gasteiger charge is -2.17. The largest absolute Gasteiger partial charge is 0.417 e. The molecule has 2 atom stereocenters. The van der Waals surface area contributed by atoms with Crippen molar-refractivity contribution in [3.8, 4) is 0 Å². The molecular weight excluding hydrogens is 373 g/mol. The first-order valence-corrected chi connectivity index (χ1v) is 7.74. The van der Waals surface area contributed by atoms with Gasteiger partial charge in [0, 0.05) is 24.4 Å². The van der Waals surface area contributed by atoms with Gasteiger partial charge in [-0.15, -0.1) is 0 Å². The van der Waals surface area contributed by atoms with Crippen molar-refractivity contribution < 1.29 is 31.5 Å². The van der Waals surface area contributed by atoms with Crippen molar-refractivity contribution in [2.45, 2.75) is 12.1 Å². The van der Waals surface area contributed by atoms with Crippen molar-refractivity contribution >= 4 is 17.5 Å². The molecule has 2 N–H and O–H groups in total. The standard InChI is InChI=1S/C17H12F5N3O2/c18-10-2-1-3-12(14(10)19)25-16(27)13-9(7-24-15(13)26)11-5-4-8(6-23-11)17(20,21)22/h1-6,9,13H,7H2,(H,24,26)(H,25,27)/t9-,13-/m1/s1. The first-order valence-electron chi connectivity index (χ1n) is 7.74. The summed E-state index contributed by atoms with van der Waals surface area (Å²) in [6.45, 7) is -0.0269. The number of carbonyl (C=O) groups is 2. The van der Waals surface area contributed by atoms with Crippen LogP contribution in [0.15, 0.2) is 36.5 Å². The van der Waals surface area contributed by atoms with Crippen LogP contribution in [0.2, 0.25) is 0 Å². The number of nitrogens with zero attached hydrogens (tertiary/aromatic N) is 1. The van der Waals surface area contributed by atoms with Crippen LogP contribution < -0.4 is 10.6 Å². The van der Waals surface area contributed by atoms with Gasteiger partial charge in [0.1, 0.15) is 5.92 Å². The molecule has 1 aromatic heterocycles. The summed E-state index contributed by atoms with van der Waals surface area (Å²) < 4.78 is 64.9. The Labute approximate surface area is 149 Å². The van der Waals surface area contributed by atoms with Crippen LogP contribution in [0.4, 0.5) is 27.6 Å². The highest BCUT2D eigenvalue weighted by atomic mass is 19.4. The summed E-state index contributed by atoms with van der Waals surface area (Å²) in [6.07, 6.45) is -3.96. The van der Waals surface area contributed by atoms with E-state index in [9.17, 15) is 31.5 Å². The summed E-state index contributed by atoms with van der Waals surface area (Å²) in [5.74, 6) is -6.26. The number of halogens is 5. The third-order valence-electron chi connectivity index (χ3n) is 4.17. The van der Waals surface area contributed by atoms with E-state index < -0.39 is 52.7 Å². The molecule has 2 heterocycles. The van der Waals surface area contributed by atoms with Crippen LogP contribution in [-0.4, -0.2) is 23.3 Å². The molecule has 27 heavy (non-hydrogen) atoms. The van der Waals surface area contributed by atoms with E-state index in [2.05, 4.69) is 15.6 Å². The van der Waals surface area contributed by atoms with E-state index in [1.807, 2.05) is 0 Å². The number of rotatable bonds is 3. The van der Waals surface area contributed by atoms with Crippen LogP contribution in [0.5, 0.6) is 0 Å². The number of alkyl halides is 3. The van der Waals surface area contributed by atoms with E-state index in [0.717, 1.165) is 24.3 Å². The van der Waals surface area contributed by atoms with E-state index in [-0.39, 0.29) is 12.2 Å². The van der Waals surface area contributed by atoms with E-state index in [1.54, 1.807) is 0 Å². The molecule has 3 rings (SSSR count). The van der Waals surface area contributed by atoms with Gasteiger partial charge in [-0.3, -0.25) is 14.6 Å². The van der Waals surface area contributed by atoms with Gasteiger partial charge in [-0.2, -0.15) is 13.2 Å². The van der Waals surface area contributed by atoms with Crippen LogP contribution in [0.1, 0.15) is 17.2 Å². The van der Waals surface area contributed by atoms with Gasteiger partial charge in [0.15, 0.2) is 11.6 Å². The summed E-state index contributed by atoms with van der Waals surface area (Å²) in [5.41, 5.74) is -1.31. The molecule has 1 aliphatic rings. The van der Waals surface area contributed by atoms with Crippen LogP contribution in [-0.2, 0) is 15.8 Å². The number of benzene rings is 1. The lowest BCUT2D eigenvalue weighted by atomic mass is 9.91. The zero-order chi connectivity index (χ0) is 19.8. The van der Waals surface area contributed by atoms with Crippen molar-refractivity contribution in [3.63, 3.8) is 0 Å². The number of pyridine rings is 1. The fourth-order valence-corrected chi connectivity index (χ4v) is 2.80. The minimum Gasteiger partial charge on any atom is -0.355 e. The fourth-order valence-electron chi connectivity index (χ4n) is 2.80. The van der Waals surface area contributed by atoms with E-state index in [0.29, 0.717) is 6.20 Å². The average Bonchev–Trinajstić information content (AvgIpc) is 3.00. The molecule has 1 aliphatic heterocycles. The Balaban J connectivity index is 1.84. The highest BCUT2D eigenvalue weighted by Gasteiger charge is 2.42. The zero-order valence-corrected chi connectivity index (χ0v) is 13.5. The van der Waals surface area contributed by atoms with Crippen LogP contribution in [0.3, 0.4) is 0 Å². The summed E-state index contributed by atoms with van der Waals surface area (Å²) in [7, 11) is 0. The molecule has 0 spiro atoms. The smallest absolute Gasteiger partial charge is 0.355 e. The molecule has 0 unspecified atom stereocenters. The first-order chi connectivity index (χ1) is 12.7. The molecule has 1 saturated heterocycles. The summed E-state index contributed by atoms with van der Waals surface area (Å²) in [6, 6.07) is 5.04. The molecule has 0 aliphatic carbocycles. The normalized spacial score (nSPS) is 19.7. The Morgan fingerprint density at radius 2 is 1.93 bits per heavy atom. The predicted molar refractivity (Wildman–Crippen MR) is 83.5 cm³/mol. The molecular formula is C17H12F5N3O2. The number of hydrogen-bond donors (Lipinski definition) is 2. The minimum atomic E-state index is -4.57. The van der Waals surface area contributed by atoms with E-state index >= 15 is 0 Å². The van der Waals surface area contributed by atoms with Crippen molar-refractivity contribution in [3.05, 3.63) is 59.4 Å². The molecule has 5 nitrogen and oxygen atoms in total. The number of anilines is 1. The van der Waals surface area contributed by atoms with Crippen molar-refractivity contribution in [2.24, 2.45) is 5.92 Å². The predicted octanol–water partition coefficient (Wildman–Crippen LogP) is 2.85. The Kier molecular flexibility index (Phi) is 4.81. The molecule has 10 heteroatoms. The molecule has 2 amide bonds. The molecule has 0 bridgehead atoms. The van der Waals surface area contributed by atoms with Gasteiger partial charge >= 0.3 is 6.18 Å². The van der Waals surface area contributed by atoms with Crippen molar-refractivity contribution in [2.75, 3.05) is 11.9 Å².